The van der Waals surface area contributed by atoms with E-state index in [0.29, 0.717) is 13.0 Å². The van der Waals surface area contributed by atoms with Crippen LogP contribution in [-0.4, -0.2) is 63.4 Å². The summed E-state index contributed by atoms with van der Waals surface area (Å²) in [5.41, 5.74) is 10.3. The summed E-state index contributed by atoms with van der Waals surface area (Å²) in [7, 11) is 4.02. The number of carbonyl (C=O) groups excluding carboxylic acids is 1. The van der Waals surface area contributed by atoms with Crippen molar-refractivity contribution in [3.05, 3.63) is 0 Å². The molecule has 6 heteroatoms. The van der Waals surface area contributed by atoms with Crippen LogP contribution < -0.4 is 16.6 Å². The van der Waals surface area contributed by atoms with Crippen LogP contribution in [0, 0.1) is 0 Å². The molecule has 0 unspecified atom stereocenters. The molecule has 0 aliphatic rings. The average Bonchev–Trinajstić information content (AvgIpc) is 2.45. The molecule has 0 spiro atoms. The first kappa shape index (κ1) is 21.6. The highest BCUT2D eigenvalue weighted by Crippen LogP contribution is 1.99. The first-order valence-corrected chi connectivity index (χ1v) is 7.35. The van der Waals surface area contributed by atoms with Crippen molar-refractivity contribution in [3.63, 3.8) is 0 Å². The number of aliphatic carboxylic acids is 1. The van der Waals surface area contributed by atoms with E-state index in [1.165, 1.54) is 13.1 Å². The Bertz CT molecular complexity index is 234. The lowest BCUT2D eigenvalue weighted by molar-refractivity contribution is -0.906. The fourth-order valence-corrected chi connectivity index (χ4v) is 1.48. The smallest absolute Gasteiger partial charge is 0.102 e. The number of likely N-dealkylation sites (N-methyl/N-ethyl adjacent to an activating group) is 1. The molecule has 1 atom stereocenters. The van der Waals surface area contributed by atoms with Gasteiger partial charge in [0.15, 0.2) is 0 Å². The quantitative estimate of drug-likeness (QED) is 0.410. The Balaban J connectivity index is 0. The second-order valence-electron chi connectivity index (χ2n) is 5.18. The van der Waals surface area contributed by atoms with E-state index in [4.69, 9.17) is 16.2 Å². The summed E-state index contributed by atoms with van der Waals surface area (Å²) in [4.78, 5) is 10.0. The number of quaternary nitrogens is 1. The van der Waals surface area contributed by atoms with E-state index in [2.05, 4.69) is 20.9 Å². The Morgan fingerprint density at radius 3 is 2.20 bits per heavy atom. The summed E-state index contributed by atoms with van der Waals surface area (Å²) in [6, 6.07) is -0.827. The Morgan fingerprint density at radius 1 is 1.30 bits per heavy atom. The van der Waals surface area contributed by atoms with Gasteiger partial charge in [-0.1, -0.05) is 6.42 Å². The molecule has 0 aromatic heterocycles. The van der Waals surface area contributed by atoms with Gasteiger partial charge in [0, 0.05) is 13.2 Å². The molecule has 0 heterocycles. The van der Waals surface area contributed by atoms with Gasteiger partial charge in [0.25, 0.3) is 0 Å². The molecule has 0 bridgehead atoms. The van der Waals surface area contributed by atoms with Crippen molar-refractivity contribution in [2.24, 2.45) is 11.5 Å². The van der Waals surface area contributed by atoms with Gasteiger partial charge in [-0.15, -0.1) is 0 Å². The zero-order valence-electron chi connectivity index (χ0n) is 13.6. The topological polar surface area (TPSA) is 101 Å². The van der Waals surface area contributed by atoms with Gasteiger partial charge in [-0.25, -0.2) is 0 Å². The fraction of sp³-hybridized carbons (Fsp3) is 0.929. The minimum absolute atomic E-state index is 0.458. The zero-order chi connectivity index (χ0) is 16.0. The molecule has 0 rings (SSSR count). The fourth-order valence-electron chi connectivity index (χ4n) is 1.48. The standard InChI is InChI=1S/C8H20NO.C6H14N2O2/c1-5-9(3,6-2)7-8-10-4;7-4-2-1-3-5(8)6(9)10/h5-8H2,1-4H3;5H,1-4,7-8H2,(H,9,10)/q+1;/p-1/t;5-/m.0/s1. The monoisotopic (exact) mass is 291 g/mol. The van der Waals surface area contributed by atoms with Crippen LogP contribution in [0.4, 0.5) is 0 Å². The van der Waals surface area contributed by atoms with E-state index in [0.717, 1.165) is 30.5 Å². The summed E-state index contributed by atoms with van der Waals surface area (Å²) < 4.78 is 6.14. The molecule has 0 aliphatic heterocycles. The zero-order valence-corrected chi connectivity index (χ0v) is 13.6. The number of carboxylic acids is 1. The summed E-state index contributed by atoms with van der Waals surface area (Å²) in [5.74, 6) is -1.18. The number of nitrogens with two attached hydrogens (primary N) is 2. The van der Waals surface area contributed by atoms with Crippen molar-refractivity contribution in [3.8, 4) is 0 Å². The lowest BCUT2D eigenvalue weighted by Gasteiger charge is -2.31. The van der Waals surface area contributed by atoms with Gasteiger partial charge in [0.1, 0.15) is 6.54 Å². The number of rotatable bonds is 10. The normalized spacial score (nSPS) is 12.5. The molecule has 122 valence electrons. The highest BCUT2D eigenvalue weighted by molar-refractivity contribution is 5.70. The molecule has 0 aromatic carbocycles. The lowest BCUT2D eigenvalue weighted by Crippen LogP contribution is -2.45. The predicted octanol–water partition coefficient (Wildman–Crippen LogP) is -0.688. The van der Waals surface area contributed by atoms with Crippen LogP contribution in [0.5, 0.6) is 0 Å². The number of methoxy groups -OCH3 is 1. The van der Waals surface area contributed by atoms with Crippen molar-refractivity contribution < 1.29 is 19.1 Å². The van der Waals surface area contributed by atoms with E-state index < -0.39 is 12.0 Å². The van der Waals surface area contributed by atoms with Gasteiger partial charge in [-0.05, 0) is 33.2 Å². The Hall–Kier alpha value is -0.690. The van der Waals surface area contributed by atoms with Crippen LogP contribution in [0.3, 0.4) is 0 Å². The number of carbonyl (C=O) groups is 1. The molecule has 20 heavy (non-hydrogen) atoms. The second kappa shape index (κ2) is 13.3. The maximum absolute atomic E-state index is 10.0. The Kier molecular flexibility index (Phi) is 14.4. The molecule has 4 N–H and O–H groups in total. The average molecular weight is 291 g/mol. The highest BCUT2D eigenvalue weighted by Gasteiger charge is 2.14. The highest BCUT2D eigenvalue weighted by atomic mass is 16.5. The van der Waals surface area contributed by atoms with Crippen LogP contribution in [0.15, 0.2) is 0 Å². The van der Waals surface area contributed by atoms with Crippen LogP contribution in [0.25, 0.3) is 0 Å². The summed E-state index contributed by atoms with van der Waals surface area (Å²) in [5, 5.41) is 10.0. The van der Waals surface area contributed by atoms with Gasteiger partial charge in [-0.2, -0.15) is 0 Å². The third kappa shape index (κ3) is 12.3. The van der Waals surface area contributed by atoms with Crippen LogP contribution in [0.2, 0.25) is 0 Å². The number of hydrogen-bond acceptors (Lipinski definition) is 5. The number of ether oxygens (including phenoxy) is 1. The van der Waals surface area contributed by atoms with E-state index in [-0.39, 0.29) is 0 Å². The van der Waals surface area contributed by atoms with Crippen molar-refractivity contribution in [1.29, 1.82) is 0 Å². The first-order chi connectivity index (χ1) is 9.36. The number of unbranched alkanes of at least 4 members (excludes halogenated alkanes) is 1. The molecule has 0 aromatic rings. The van der Waals surface area contributed by atoms with Crippen LogP contribution >= 0.6 is 0 Å². The minimum atomic E-state index is -1.18. The summed E-state index contributed by atoms with van der Waals surface area (Å²) in [6.45, 7) is 9.42. The molecule has 0 amide bonds. The molecule has 0 saturated carbocycles. The van der Waals surface area contributed by atoms with Gasteiger partial charge >= 0.3 is 0 Å². The van der Waals surface area contributed by atoms with Gasteiger partial charge in [0.2, 0.25) is 0 Å². The largest absolute Gasteiger partial charge is 0.548 e. The SMILES string of the molecule is CC[N+](C)(CC)CCOC.NCCCC[C@H](N)C(=O)[O-]. The summed E-state index contributed by atoms with van der Waals surface area (Å²) in [6.07, 6.45) is 2.03. The lowest BCUT2D eigenvalue weighted by atomic mass is 10.1. The first-order valence-electron chi connectivity index (χ1n) is 7.35. The number of carboxylic acid groups (broad SMARTS) is 1. The Morgan fingerprint density at radius 2 is 1.85 bits per heavy atom. The second-order valence-corrected chi connectivity index (χ2v) is 5.18. The third-order valence-electron chi connectivity index (χ3n) is 3.63. The van der Waals surface area contributed by atoms with E-state index in [1.807, 2.05) is 0 Å². The van der Waals surface area contributed by atoms with E-state index in [1.54, 1.807) is 7.11 Å². The van der Waals surface area contributed by atoms with E-state index in [9.17, 15) is 9.90 Å². The maximum atomic E-state index is 10.0. The molecule has 0 saturated heterocycles. The third-order valence-corrected chi connectivity index (χ3v) is 3.63. The molecule has 0 aliphatic carbocycles. The van der Waals surface area contributed by atoms with Crippen LogP contribution in [-0.2, 0) is 9.53 Å². The number of hydrogen-bond donors (Lipinski definition) is 2. The van der Waals surface area contributed by atoms with Gasteiger partial charge < -0.3 is 30.6 Å². The molecule has 6 nitrogen and oxygen atoms in total. The molecular formula is C14H33N3O3. The van der Waals surface area contributed by atoms with Crippen molar-refractivity contribution in [2.75, 3.05) is 46.9 Å². The minimum Gasteiger partial charge on any atom is -0.548 e. The number of nitrogens with zero attached hydrogens (tertiary/aromatic N) is 1. The van der Waals surface area contributed by atoms with E-state index >= 15 is 0 Å². The van der Waals surface area contributed by atoms with Crippen molar-refractivity contribution >= 4 is 5.97 Å². The molecule has 0 radical (unpaired) electrons. The Labute approximate surface area is 123 Å². The van der Waals surface area contributed by atoms with Crippen molar-refractivity contribution in [1.82, 2.24) is 0 Å². The summed E-state index contributed by atoms with van der Waals surface area (Å²) >= 11 is 0. The van der Waals surface area contributed by atoms with Crippen LogP contribution in [0.1, 0.15) is 33.1 Å². The molecular weight excluding hydrogens is 258 g/mol. The van der Waals surface area contributed by atoms with Gasteiger partial charge in [0.05, 0.1) is 32.7 Å². The molecule has 0 fully saturated rings. The predicted molar refractivity (Wildman–Crippen MR) is 79.9 cm³/mol. The maximum Gasteiger partial charge on any atom is 0.102 e. The van der Waals surface area contributed by atoms with Crippen molar-refractivity contribution in [2.45, 2.75) is 39.2 Å². The van der Waals surface area contributed by atoms with Gasteiger partial charge in [-0.3, -0.25) is 0 Å².